The van der Waals surface area contributed by atoms with Crippen molar-refractivity contribution < 1.29 is 4.79 Å². The monoisotopic (exact) mass is 259 g/mol. The number of nitrogens with zero attached hydrogens (tertiary/aromatic N) is 3. The fourth-order valence-electron chi connectivity index (χ4n) is 2.02. The van der Waals surface area contributed by atoms with E-state index in [9.17, 15) is 4.79 Å². The van der Waals surface area contributed by atoms with Gasteiger partial charge in [0.05, 0.1) is 5.56 Å². The third-order valence-electron chi connectivity index (χ3n) is 3.02. The van der Waals surface area contributed by atoms with Gasteiger partial charge < -0.3 is 15.5 Å². The Labute approximate surface area is 112 Å². The van der Waals surface area contributed by atoms with Crippen molar-refractivity contribution in [3.63, 3.8) is 0 Å². The molecule has 2 rings (SSSR count). The van der Waals surface area contributed by atoms with Crippen molar-refractivity contribution in [3.05, 3.63) is 23.9 Å². The van der Waals surface area contributed by atoms with Crippen molar-refractivity contribution >= 4 is 11.8 Å². The van der Waals surface area contributed by atoms with Gasteiger partial charge in [-0.2, -0.15) is 5.26 Å². The number of aromatic nitrogens is 1. The van der Waals surface area contributed by atoms with Crippen molar-refractivity contribution in [2.75, 3.05) is 31.5 Å². The van der Waals surface area contributed by atoms with Crippen molar-refractivity contribution in [3.8, 4) is 6.07 Å². The van der Waals surface area contributed by atoms with Gasteiger partial charge in [0.15, 0.2) is 0 Å². The normalized spacial score (nSPS) is 13.9. The molecule has 1 fully saturated rings. The number of rotatable bonds is 4. The number of carbonyl (C=O) groups is 1. The standard InChI is InChI=1S/C13H17N5O/c14-10-11-4-3-5-15-12(11)16-6-7-17-13(19)18-8-1-2-9-18/h3-5H,1-2,6-9H2,(H,15,16)(H,17,19). The first-order valence-electron chi connectivity index (χ1n) is 6.43. The summed E-state index contributed by atoms with van der Waals surface area (Å²) in [6.07, 6.45) is 3.81. The Bertz CT molecular complexity index is 476. The Morgan fingerprint density at radius 2 is 2.21 bits per heavy atom. The highest BCUT2D eigenvalue weighted by atomic mass is 16.2. The fourth-order valence-corrected chi connectivity index (χ4v) is 2.02. The first kappa shape index (κ1) is 13.1. The summed E-state index contributed by atoms with van der Waals surface area (Å²) < 4.78 is 0. The summed E-state index contributed by atoms with van der Waals surface area (Å²) in [6, 6.07) is 5.48. The van der Waals surface area contributed by atoms with Gasteiger partial charge in [0.2, 0.25) is 0 Å². The molecule has 2 N–H and O–H groups in total. The second-order valence-corrected chi connectivity index (χ2v) is 4.36. The van der Waals surface area contributed by atoms with E-state index in [1.807, 2.05) is 4.90 Å². The van der Waals surface area contributed by atoms with Gasteiger partial charge in [-0.1, -0.05) is 0 Å². The molecular formula is C13H17N5O. The summed E-state index contributed by atoms with van der Waals surface area (Å²) in [5.74, 6) is 0.556. The molecule has 6 heteroatoms. The van der Waals surface area contributed by atoms with Crippen molar-refractivity contribution in [2.45, 2.75) is 12.8 Å². The van der Waals surface area contributed by atoms with E-state index >= 15 is 0 Å². The van der Waals surface area contributed by atoms with Crippen LogP contribution in [0, 0.1) is 11.3 Å². The lowest BCUT2D eigenvalue weighted by Gasteiger charge is -2.16. The minimum absolute atomic E-state index is 0.0131. The molecule has 0 unspecified atom stereocenters. The molecule has 2 amide bonds. The van der Waals surface area contributed by atoms with Crippen LogP contribution in [-0.4, -0.2) is 42.1 Å². The van der Waals surface area contributed by atoms with Crippen molar-refractivity contribution in [1.82, 2.24) is 15.2 Å². The van der Waals surface area contributed by atoms with E-state index in [2.05, 4.69) is 21.7 Å². The van der Waals surface area contributed by atoms with Crippen LogP contribution in [0.2, 0.25) is 0 Å². The summed E-state index contributed by atoms with van der Waals surface area (Å²) in [5, 5.41) is 14.8. The summed E-state index contributed by atoms with van der Waals surface area (Å²) in [5.41, 5.74) is 0.508. The van der Waals surface area contributed by atoms with E-state index in [1.54, 1.807) is 18.3 Å². The van der Waals surface area contributed by atoms with Gasteiger partial charge in [-0.05, 0) is 25.0 Å². The molecule has 0 radical (unpaired) electrons. The predicted molar refractivity (Wildman–Crippen MR) is 71.6 cm³/mol. The number of carbonyl (C=O) groups excluding carboxylic acids is 1. The molecule has 19 heavy (non-hydrogen) atoms. The quantitative estimate of drug-likeness (QED) is 0.795. The molecule has 1 saturated heterocycles. The summed E-state index contributed by atoms with van der Waals surface area (Å²) in [4.78, 5) is 17.6. The number of urea groups is 1. The predicted octanol–water partition coefficient (Wildman–Crippen LogP) is 1.17. The van der Waals surface area contributed by atoms with E-state index in [0.717, 1.165) is 25.9 Å². The van der Waals surface area contributed by atoms with E-state index < -0.39 is 0 Å². The lowest BCUT2D eigenvalue weighted by molar-refractivity contribution is 0.209. The zero-order valence-electron chi connectivity index (χ0n) is 10.7. The number of hydrogen-bond acceptors (Lipinski definition) is 4. The molecule has 0 aliphatic carbocycles. The van der Waals surface area contributed by atoms with Crippen LogP contribution in [0.5, 0.6) is 0 Å². The summed E-state index contributed by atoms with van der Waals surface area (Å²) in [7, 11) is 0. The first-order valence-corrected chi connectivity index (χ1v) is 6.43. The van der Waals surface area contributed by atoms with Crippen LogP contribution in [0.15, 0.2) is 18.3 Å². The van der Waals surface area contributed by atoms with Gasteiger partial charge in [-0.25, -0.2) is 9.78 Å². The molecule has 0 saturated carbocycles. The Hall–Kier alpha value is -2.29. The lowest BCUT2D eigenvalue weighted by Crippen LogP contribution is -2.40. The smallest absolute Gasteiger partial charge is 0.317 e. The second-order valence-electron chi connectivity index (χ2n) is 4.36. The van der Waals surface area contributed by atoms with Crippen LogP contribution in [-0.2, 0) is 0 Å². The highest BCUT2D eigenvalue weighted by Crippen LogP contribution is 2.09. The van der Waals surface area contributed by atoms with Crippen LogP contribution in [0.4, 0.5) is 10.6 Å². The van der Waals surface area contributed by atoms with Crippen LogP contribution in [0.1, 0.15) is 18.4 Å². The summed E-state index contributed by atoms with van der Waals surface area (Å²) >= 11 is 0. The number of anilines is 1. The molecule has 1 aromatic rings. The van der Waals surface area contributed by atoms with Gasteiger partial charge in [0, 0.05) is 32.4 Å². The average Bonchev–Trinajstić information content (AvgIpc) is 2.98. The van der Waals surface area contributed by atoms with Gasteiger partial charge in [-0.15, -0.1) is 0 Å². The van der Waals surface area contributed by atoms with Gasteiger partial charge >= 0.3 is 6.03 Å². The molecule has 1 aliphatic heterocycles. The minimum Gasteiger partial charge on any atom is -0.367 e. The van der Waals surface area contributed by atoms with E-state index in [-0.39, 0.29) is 6.03 Å². The molecule has 100 valence electrons. The Morgan fingerprint density at radius 3 is 2.95 bits per heavy atom. The first-order chi connectivity index (χ1) is 9.31. The molecule has 0 spiro atoms. The molecule has 6 nitrogen and oxygen atoms in total. The maximum atomic E-state index is 11.7. The van der Waals surface area contributed by atoms with Gasteiger partial charge in [0.1, 0.15) is 11.9 Å². The molecule has 0 aromatic carbocycles. The van der Waals surface area contributed by atoms with Crippen LogP contribution >= 0.6 is 0 Å². The third-order valence-corrected chi connectivity index (χ3v) is 3.02. The fraction of sp³-hybridized carbons (Fsp3) is 0.462. The van der Waals surface area contributed by atoms with E-state index in [4.69, 9.17) is 5.26 Å². The molecule has 2 heterocycles. The molecule has 1 aliphatic rings. The SMILES string of the molecule is N#Cc1cccnc1NCCNC(=O)N1CCCC1. The largest absolute Gasteiger partial charge is 0.367 e. The van der Waals surface area contributed by atoms with Crippen LogP contribution in [0.25, 0.3) is 0 Å². The Balaban J connectivity index is 1.72. The van der Waals surface area contributed by atoms with Gasteiger partial charge in [-0.3, -0.25) is 0 Å². The number of nitrogens with one attached hydrogen (secondary N) is 2. The maximum absolute atomic E-state index is 11.7. The molecular weight excluding hydrogens is 242 g/mol. The van der Waals surface area contributed by atoms with Crippen molar-refractivity contribution in [1.29, 1.82) is 5.26 Å². The number of nitriles is 1. The number of pyridine rings is 1. The van der Waals surface area contributed by atoms with Crippen LogP contribution < -0.4 is 10.6 Å². The van der Waals surface area contributed by atoms with Crippen LogP contribution in [0.3, 0.4) is 0 Å². The zero-order chi connectivity index (χ0) is 13.5. The lowest BCUT2D eigenvalue weighted by atomic mass is 10.3. The van der Waals surface area contributed by atoms with E-state index in [1.165, 1.54) is 0 Å². The number of likely N-dealkylation sites (tertiary alicyclic amines) is 1. The topological polar surface area (TPSA) is 81.0 Å². The number of hydrogen-bond donors (Lipinski definition) is 2. The van der Waals surface area contributed by atoms with Crippen molar-refractivity contribution in [2.24, 2.45) is 0 Å². The molecule has 0 bridgehead atoms. The average molecular weight is 259 g/mol. The Kier molecular flexibility index (Phi) is 4.56. The summed E-state index contributed by atoms with van der Waals surface area (Å²) in [6.45, 7) is 2.75. The molecule has 1 aromatic heterocycles. The van der Waals surface area contributed by atoms with Gasteiger partial charge in [0.25, 0.3) is 0 Å². The molecule has 0 atom stereocenters. The van der Waals surface area contributed by atoms with E-state index in [0.29, 0.717) is 24.5 Å². The highest BCUT2D eigenvalue weighted by Gasteiger charge is 2.16. The number of amides is 2. The highest BCUT2D eigenvalue weighted by molar-refractivity contribution is 5.74. The maximum Gasteiger partial charge on any atom is 0.317 e. The third kappa shape index (κ3) is 3.58. The second kappa shape index (κ2) is 6.59. The Morgan fingerprint density at radius 1 is 1.42 bits per heavy atom. The zero-order valence-corrected chi connectivity index (χ0v) is 10.7. The minimum atomic E-state index is -0.0131.